The summed E-state index contributed by atoms with van der Waals surface area (Å²) in [7, 11) is 0. The van der Waals surface area contributed by atoms with Gasteiger partial charge in [0.15, 0.2) is 0 Å². The summed E-state index contributed by atoms with van der Waals surface area (Å²) in [5.74, 6) is -1.07. The molecule has 0 unspecified atom stereocenters. The lowest BCUT2D eigenvalue weighted by molar-refractivity contribution is 0.0698. The summed E-state index contributed by atoms with van der Waals surface area (Å²) >= 11 is 0. The Morgan fingerprint density at radius 2 is 2.25 bits per heavy atom. The van der Waals surface area contributed by atoms with Gasteiger partial charge in [0.1, 0.15) is 0 Å². The number of anilines is 1. The Morgan fingerprint density at radius 1 is 1.58 bits per heavy atom. The van der Waals surface area contributed by atoms with Crippen LogP contribution in [-0.4, -0.2) is 17.3 Å². The van der Waals surface area contributed by atoms with Crippen LogP contribution in [0.15, 0.2) is 18.2 Å². The first kappa shape index (κ1) is 8.26. The topological polar surface area (TPSA) is 87.2 Å². The van der Waals surface area contributed by atoms with E-state index in [0.29, 0.717) is 5.56 Å². The third-order valence-electron chi connectivity index (χ3n) is 1.53. The Kier molecular flexibility index (Phi) is 2.09. The number of hydrogen-bond acceptors (Lipinski definition) is 3. The molecular formula is C8H8N2O2. The van der Waals surface area contributed by atoms with E-state index in [9.17, 15) is 4.79 Å². The van der Waals surface area contributed by atoms with E-state index in [4.69, 9.17) is 16.2 Å². The zero-order valence-electron chi connectivity index (χ0n) is 6.24. The van der Waals surface area contributed by atoms with E-state index in [2.05, 4.69) is 0 Å². The number of carboxylic acid groups (broad SMARTS) is 1. The van der Waals surface area contributed by atoms with Gasteiger partial charge in [-0.25, -0.2) is 4.79 Å². The number of carbonyl (C=O) groups is 1. The molecule has 0 heterocycles. The molecule has 4 nitrogen and oxygen atoms in total. The first-order valence-electron chi connectivity index (χ1n) is 3.29. The molecule has 4 heteroatoms. The van der Waals surface area contributed by atoms with Crippen LogP contribution in [0.25, 0.3) is 0 Å². The number of nitrogen functional groups attached to an aromatic ring is 1. The molecule has 1 rings (SSSR count). The molecule has 0 aliphatic carbocycles. The number of para-hydroxylation sites is 1. The molecule has 0 aliphatic rings. The van der Waals surface area contributed by atoms with E-state index in [-0.39, 0.29) is 11.3 Å². The predicted molar refractivity (Wildman–Crippen MR) is 45.7 cm³/mol. The van der Waals surface area contributed by atoms with Gasteiger partial charge in [-0.2, -0.15) is 0 Å². The van der Waals surface area contributed by atoms with E-state index in [1.54, 1.807) is 12.1 Å². The number of hydrogen-bond donors (Lipinski definition) is 3. The van der Waals surface area contributed by atoms with E-state index in [1.807, 2.05) is 0 Å². The number of nitrogens with one attached hydrogen (secondary N) is 1. The number of benzene rings is 1. The smallest absolute Gasteiger partial charge is 0.337 e. The van der Waals surface area contributed by atoms with Crippen LogP contribution in [0.2, 0.25) is 0 Å². The summed E-state index contributed by atoms with van der Waals surface area (Å²) in [6, 6.07) is 4.56. The Balaban J connectivity index is 3.32. The quantitative estimate of drug-likeness (QED) is 0.449. The minimum absolute atomic E-state index is 0.0380. The van der Waals surface area contributed by atoms with Gasteiger partial charge < -0.3 is 16.2 Å². The van der Waals surface area contributed by atoms with E-state index >= 15 is 0 Å². The van der Waals surface area contributed by atoms with Crippen LogP contribution < -0.4 is 5.73 Å². The molecule has 0 spiro atoms. The fraction of sp³-hybridized carbons (Fsp3) is 0. The fourth-order valence-electron chi connectivity index (χ4n) is 0.895. The molecule has 12 heavy (non-hydrogen) atoms. The summed E-state index contributed by atoms with van der Waals surface area (Å²) in [5.41, 5.74) is 6.07. The molecule has 0 atom stereocenters. The molecule has 0 amide bonds. The van der Waals surface area contributed by atoms with Crippen LogP contribution in [0.5, 0.6) is 0 Å². The standard InChI is InChI=1S/C8H8N2O2/c9-4-5-2-1-3-6(7(5)10)8(11)12/h1-4,9H,10H2,(H,11,12). The van der Waals surface area contributed by atoms with Crippen molar-refractivity contribution in [3.05, 3.63) is 29.3 Å². The van der Waals surface area contributed by atoms with Crippen LogP contribution in [-0.2, 0) is 0 Å². The third-order valence-corrected chi connectivity index (χ3v) is 1.53. The second kappa shape index (κ2) is 3.04. The van der Waals surface area contributed by atoms with Crippen LogP contribution in [0.3, 0.4) is 0 Å². The summed E-state index contributed by atoms with van der Waals surface area (Å²) in [4.78, 5) is 10.5. The average Bonchev–Trinajstić information content (AvgIpc) is 2.04. The molecule has 0 bridgehead atoms. The normalized spacial score (nSPS) is 9.33. The first-order chi connectivity index (χ1) is 5.66. The molecule has 0 aliphatic heterocycles. The second-order valence-corrected chi connectivity index (χ2v) is 2.26. The number of aromatic carboxylic acids is 1. The molecule has 0 radical (unpaired) electrons. The maximum atomic E-state index is 10.5. The minimum Gasteiger partial charge on any atom is -0.478 e. The van der Waals surface area contributed by atoms with Crippen molar-refractivity contribution in [2.45, 2.75) is 0 Å². The van der Waals surface area contributed by atoms with E-state index < -0.39 is 5.97 Å². The largest absolute Gasteiger partial charge is 0.478 e. The molecule has 0 saturated carbocycles. The lowest BCUT2D eigenvalue weighted by Gasteiger charge is -2.02. The number of carboxylic acids is 1. The van der Waals surface area contributed by atoms with Crippen molar-refractivity contribution in [1.82, 2.24) is 0 Å². The molecule has 0 saturated heterocycles. The van der Waals surface area contributed by atoms with Gasteiger partial charge in [-0.05, 0) is 6.07 Å². The summed E-state index contributed by atoms with van der Waals surface area (Å²) in [6.45, 7) is 0. The molecular weight excluding hydrogens is 156 g/mol. The van der Waals surface area contributed by atoms with Gasteiger partial charge in [0.2, 0.25) is 0 Å². The van der Waals surface area contributed by atoms with Gasteiger partial charge in [-0.1, -0.05) is 12.1 Å². The average molecular weight is 164 g/mol. The van der Waals surface area contributed by atoms with Crippen LogP contribution in [0, 0.1) is 5.41 Å². The Morgan fingerprint density at radius 3 is 2.75 bits per heavy atom. The summed E-state index contributed by atoms with van der Waals surface area (Å²) in [6.07, 6.45) is 1.03. The van der Waals surface area contributed by atoms with Gasteiger partial charge in [0.05, 0.1) is 11.3 Å². The van der Waals surface area contributed by atoms with Crippen molar-refractivity contribution in [2.75, 3.05) is 5.73 Å². The fourth-order valence-corrected chi connectivity index (χ4v) is 0.895. The monoisotopic (exact) mass is 164 g/mol. The predicted octanol–water partition coefficient (Wildman–Crippen LogP) is 0.965. The highest BCUT2D eigenvalue weighted by molar-refractivity contribution is 5.99. The second-order valence-electron chi connectivity index (χ2n) is 2.26. The summed E-state index contributed by atoms with van der Waals surface area (Å²) in [5, 5.41) is 15.6. The van der Waals surface area contributed by atoms with Crippen molar-refractivity contribution >= 4 is 17.9 Å². The van der Waals surface area contributed by atoms with Gasteiger partial charge in [0.25, 0.3) is 0 Å². The van der Waals surface area contributed by atoms with Crippen molar-refractivity contribution in [3.8, 4) is 0 Å². The van der Waals surface area contributed by atoms with E-state index in [0.717, 1.165) is 6.21 Å². The lowest BCUT2D eigenvalue weighted by atomic mass is 10.1. The van der Waals surface area contributed by atoms with Crippen LogP contribution >= 0.6 is 0 Å². The Labute approximate surface area is 69.1 Å². The van der Waals surface area contributed by atoms with Crippen molar-refractivity contribution in [3.63, 3.8) is 0 Å². The third kappa shape index (κ3) is 1.27. The highest BCUT2D eigenvalue weighted by Gasteiger charge is 2.08. The van der Waals surface area contributed by atoms with Gasteiger partial charge >= 0.3 is 5.97 Å². The molecule has 0 aromatic heterocycles. The molecule has 1 aromatic rings. The molecule has 0 fully saturated rings. The number of rotatable bonds is 2. The highest BCUT2D eigenvalue weighted by atomic mass is 16.4. The lowest BCUT2D eigenvalue weighted by Crippen LogP contribution is -2.04. The zero-order valence-corrected chi connectivity index (χ0v) is 6.24. The molecule has 62 valence electrons. The first-order valence-corrected chi connectivity index (χ1v) is 3.29. The van der Waals surface area contributed by atoms with Crippen molar-refractivity contribution < 1.29 is 9.90 Å². The van der Waals surface area contributed by atoms with Crippen molar-refractivity contribution in [2.24, 2.45) is 0 Å². The van der Waals surface area contributed by atoms with E-state index in [1.165, 1.54) is 6.07 Å². The van der Waals surface area contributed by atoms with Gasteiger partial charge in [-0.3, -0.25) is 0 Å². The van der Waals surface area contributed by atoms with Gasteiger partial charge in [-0.15, -0.1) is 0 Å². The minimum atomic E-state index is -1.07. The maximum Gasteiger partial charge on any atom is 0.337 e. The number of nitrogens with two attached hydrogens (primary N) is 1. The summed E-state index contributed by atoms with van der Waals surface area (Å²) < 4.78 is 0. The van der Waals surface area contributed by atoms with Crippen molar-refractivity contribution in [1.29, 1.82) is 5.41 Å². The van der Waals surface area contributed by atoms with Crippen LogP contribution in [0.4, 0.5) is 5.69 Å². The SMILES string of the molecule is N=Cc1cccc(C(=O)O)c1N. The Hall–Kier alpha value is -1.84. The molecule has 4 N–H and O–H groups in total. The molecule has 1 aromatic carbocycles. The Bertz CT molecular complexity index is 334. The van der Waals surface area contributed by atoms with Crippen LogP contribution in [0.1, 0.15) is 15.9 Å². The highest BCUT2D eigenvalue weighted by Crippen LogP contribution is 2.15. The maximum absolute atomic E-state index is 10.5. The van der Waals surface area contributed by atoms with Gasteiger partial charge in [0, 0.05) is 11.8 Å². The zero-order chi connectivity index (χ0) is 9.14.